The summed E-state index contributed by atoms with van der Waals surface area (Å²) in [5.74, 6) is -9.49. The molecule has 2 nitrogen and oxygen atoms in total. The number of hydrogen-bond donors (Lipinski definition) is 1. The highest BCUT2D eigenvalue weighted by Crippen LogP contribution is 2.27. The van der Waals surface area contributed by atoms with Crippen molar-refractivity contribution in [2.24, 2.45) is 5.73 Å². The molecule has 112 valence electrons. The van der Waals surface area contributed by atoms with Crippen LogP contribution in [0.3, 0.4) is 0 Å². The molecule has 0 radical (unpaired) electrons. The molecule has 1 aromatic rings. The molecule has 1 aliphatic heterocycles. The first-order valence-electron chi connectivity index (χ1n) is 6.31. The molecular weight excluding hydrogens is 281 g/mol. The molecule has 1 aromatic carbocycles. The maximum atomic E-state index is 13.4. The van der Waals surface area contributed by atoms with Crippen LogP contribution < -0.4 is 5.73 Å². The summed E-state index contributed by atoms with van der Waals surface area (Å²) in [6.45, 7) is 0.346. The summed E-state index contributed by atoms with van der Waals surface area (Å²) in [5, 5.41) is 0. The molecule has 0 saturated carbocycles. The van der Waals surface area contributed by atoms with Crippen LogP contribution in [-0.4, -0.2) is 18.8 Å². The van der Waals surface area contributed by atoms with Crippen molar-refractivity contribution in [2.45, 2.75) is 37.9 Å². The largest absolute Gasteiger partial charge is 0.374 e. The van der Waals surface area contributed by atoms with E-state index in [0.29, 0.717) is 13.0 Å². The SMILES string of the molecule is NCC1CCC(CCc2c(F)c(F)c(F)c(F)c2F)O1. The van der Waals surface area contributed by atoms with Gasteiger partial charge in [0.05, 0.1) is 12.2 Å². The first-order chi connectivity index (χ1) is 9.45. The van der Waals surface area contributed by atoms with E-state index in [4.69, 9.17) is 10.5 Å². The zero-order valence-electron chi connectivity index (χ0n) is 10.6. The number of ether oxygens (including phenoxy) is 1. The molecule has 7 heteroatoms. The Balaban J connectivity index is 2.11. The van der Waals surface area contributed by atoms with Gasteiger partial charge in [0.2, 0.25) is 5.82 Å². The summed E-state index contributed by atoms with van der Waals surface area (Å²) in [6.07, 6.45) is 0.952. The number of hydrogen-bond acceptors (Lipinski definition) is 2. The van der Waals surface area contributed by atoms with Crippen LogP contribution in [0.1, 0.15) is 24.8 Å². The number of nitrogens with two attached hydrogens (primary N) is 1. The van der Waals surface area contributed by atoms with Gasteiger partial charge >= 0.3 is 0 Å². The Bertz CT molecular complexity index is 479. The number of benzene rings is 1. The van der Waals surface area contributed by atoms with Crippen LogP contribution in [0.5, 0.6) is 0 Å². The average molecular weight is 295 g/mol. The van der Waals surface area contributed by atoms with Crippen molar-refractivity contribution in [3.05, 3.63) is 34.6 Å². The summed E-state index contributed by atoms with van der Waals surface area (Å²) in [6, 6.07) is 0. The summed E-state index contributed by atoms with van der Waals surface area (Å²) in [5.41, 5.74) is 4.63. The van der Waals surface area contributed by atoms with Crippen LogP contribution in [0.2, 0.25) is 0 Å². The molecule has 0 spiro atoms. The van der Waals surface area contributed by atoms with Crippen molar-refractivity contribution in [2.75, 3.05) is 6.54 Å². The van der Waals surface area contributed by atoms with E-state index in [9.17, 15) is 22.0 Å². The molecule has 2 rings (SSSR count). The fraction of sp³-hybridized carbons (Fsp3) is 0.538. The Hall–Kier alpha value is -1.21. The predicted molar refractivity (Wildman–Crippen MR) is 61.5 cm³/mol. The second-order valence-corrected chi connectivity index (χ2v) is 4.78. The molecule has 0 amide bonds. The van der Waals surface area contributed by atoms with Crippen molar-refractivity contribution in [1.29, 1.82) is 0 Å². The molecule has 2 unspecified atom stereocenters. The molecule has 1 aliphatic rings. The summed E-state index contributed by atoms with van der Waals surface area (Å²) >= 11 is 0. The van der Waals surface area contributed by atoms with E-state index in [2.05, 4.69) is 0 Å². The second-order valence-electron chi connectivity index (χ2n) is 4.78. The highest BCUT2D eigenvalue weighted by atomic mass is 19.2. The van der Waals surface area contributed by atoms with Crippen LogP contribution in [0.25, 0.3) is 0 Å². The lowest BCUT2D eigenvalue weighted by Gasteiger charge is -2.13. The Kier molecular flexibility index (Phi) is 4.59. The van der Waals surface area contributed by atoms with Gasteiger partial charge < -0.3 is 10.5 Å². The lowest BCUT2D eigenvalue weighted by Crippen LogP contribution is -2.21. The average Bonchev–Trinajstić information content (AvgIpc) is 2.91. The Morgan fingerprint density at radius 1 is 0.850 bits per heavy atom. The van der Waals surface area contributed by atoms with Crippen molar-refractivity contribution in [1.82, 2.24) is 0 Å². The van der Waals surface area contributed by atoms with Gasteiger partial charge in [-0.3, -0.25) is 0 Å². The number of rotatable bonds is 4. The molecule has 20 heavy (non-hydrogen) atoms. The highest BCUT2D eigenvalue weighted by molar-refractivity contribution is 5.24. The quantitative estimate of drug-likeness (QED) is 0.526. The van der Waals surface area contributed by atoms with Crippen molar-refractivity contribution < 1.29 is 26.7 Å². The summed E-state index contributed by atoms with van der Waals surface area (Å²) in [7, 11) is 0. The third kappa shape index (κ3) is 2.78. The maximum Gasteiger partial charge on any atom is 0.200 e. The minimum Gasteiger partial charge on any atom is -0.374 e. The van der Waals surface area contributed by atoms with Crippen molar-refractivity contribution in [3.63, 3.8) is 0 Å². The van der Waals surface area contributed by atoms with E-state index in [-0.39, 0.29) is 25.0 Å². The number of halogens is 5. The van der Waals surface area contributed by atoms with E-state index >= 15 is 0 Å². The molecule has 0 aromatic heterocycles. The van der Waals surface area contributed by atoms with E-state index in [1.807, 2.05) is 0 Å². The lowest BCUT2D eigenvalue weighted by molar-refractivity contribution is 0.0455. The second kappa shape index (κ2) is 6.05. The molecule has 1 saturated heterocycles. The molecule has 1 fully saturated rings. The van der Waals surface area contributed by atoms with Gasteiger partial charge in [0.25, 0.3) is 0 Å². The normalized spacial score (nSPS) is 22.5. The predicted octanol–water partition coefficient (Wildman–Crippen LogP) is 2.82. The standard InChI is InChI=1S/C13H14F5NO/c14-9-8(10(15)12(17)13(18)11(9)16)4-3-6-1-2-7(5-19)20-6/h6-7H,1-5,19H2. The van der Waals surface area contributed by atoms with Crippen LogP contribution in [0.15, 0.2) is 0 Å². The first kappa shape index (κ1) is 15.2. The van der Waals surface area contributed by atoms with Crippen molar-refractivity contribution >= 4 is 0 Å². The first-order valence-corrected chi connectivity index (χ1v) is 6.31. The third-order valence-corrected chi connectivity index (χ3v) is 3.48. The molecule has 2 atom stereocenters. The topological polar surface area (TPSA) is 35.2 Å². The third-order valence-electron chi connectivity index (χ3n) is 3.48. The highest BCUT2D eigenvalue weighted by Gasteiger charge is 2.28. The minimum absolute atomic E-state index is 0.101. The Morgan fingerprint density at radius 3 is 1.85 bits per heavy atom. The van der Waals surface area contributed by atoms with Crippen LogP contribution in [-0.2, 0) is 11.2 Å². The van der Waals surface area contributed by atoms with E-state index < -0.39 is 34.6 Å². The van der Waals surface area contributed by atoms with Crippen LogP contribution >= 0.6 is 0 Å². The van der Waals surface area contributed by atoms with Crippen LogP contribution in [0.4, 0.5) is 22.0 Å². The van der Waals surface area contributed by atoms with Gasteiger partial charge in [0, 0.05) is 12.1 Å². The molecule has 1 heterocycles. The zero-order chi connectivity index (χ0) is 14.9. The zero-order valence-corrected chi connectivity index (χ0v) is 10.6. The smallest absolute Gasteiger partial charge is 0.200 e. The monoisotopic (exact) mass is 295 g/mol. The lowest BCUT2D eigenvalue weighted by atomic mass is 10.0. The van der Waals surface area contributed by atoms with Crippen LogP contribution in [0, 0.1) is 29.1 Å². The maximum absolute atomic E-state index is 13.4. The van der Waals surface area contributed by atoms with E-state index in [1.54, 1.807) is 0 Å². The minimum atomic E-state index is -2.14. The van der Waals surface area contributed by atoms with Gasteiger partial charge in [-0.25, -0.2) is 22.0 Å². The summed E-state index contributed by atoms with van der Waals surface area (Å²) < 4.78 is 71.2. The fourth-order valence-corrected chi connectivity index (χ4v) is 2.34. The van der Waals surface area contributed by atoms with E-state index in [1.165, 1.54) is 0 Å². The van der Waals surface area contributed by atoms with Crippen molar-refractivity contribution in [3.8, 4) is 0 Å². The van der Waals surface area contributed by atoms with E-state index in [0.717, 1.165) is 6.42 Å². The van der Waals surface area contributed by atoms with Gasteiger partial charge in [-0.15, -0.1) is 0 Å². The van der Waals surface area contributed by atoms with Gasteiger partial charge in [0.15, 0.2) is 23.3 Å². The van der Waals surface area contributed by atoms with Gasteiger partial charge in [0.1, 0.15) is 0 Å². The Morgan fingerprint density at radius 2 is 1.35 bits per heavy atom. The fourth-order valence-electron chi connectivity index (χ4n) is 2.34. The summed E-state index contributed by atoms with van der Waals surface area (Å²) in [4.78, 5) is 0. The van der Waals surface area contributed by atoms with Gasteiger partial charge in [-0.2, -0.15) is 0 Å². The molecule has 0 bridgehead atoms. The molecular formula is C13H14F5NO. The Labute approximate surface area is 112 Å². The van der Waals surface area contributed by atoms with Gasteiger partial charge in [-0.1, -0.05) is 0 Å². The molecule has 0 aliphatic carbocycles. The van der Waals surface area contributed by atoms with Gasteiger partial charge in [-0.05, 0) is 25.7 Å². The molecule has 2 N–H and O–H groups in total.